The second-order valence-electron chi connectivity index (χ2n) is 1.21. The van der Waals surface area contributed by atoms with E-state index in [0.29, 0.717) is 0 Å². The van der Waals surface area contributed by atoms with E-state index in [4.69, 9.17) is 0 Å². The number of halogens is 2. The zero-order valence-corrected chi connectivity index (χ0v) is 8.33. The summed E-state index contributed by atoms with van der Waals surface area (Å²) >= 11 is 4.93. The van der Waals surface area contributed by atoms with Crippen LogP contribution in [-0.2, 0) is 0 Å². The molecule has 1 aromatic rings. The molecule has 0 spiro atoms. The first-order valence-electron chi connectivity index (χ1n) is 1.86. The van der Waals surface area contributed by atoms with Gasteiger partial charge in [0, 0.05) is 0 Å². The molecule has 0 saturated carbocycles. The number of nitrogens with zero attached hydrogens (tertiary/aromatic N) is 1. The molecule has 0 saturated heterocycles. The van der Waals surface area contributed by atoms with Gasteiger partial charge in [-0.25, -0.2) is 4.98 Å². The van der Waals surface area contributed by atoms with Crippen molar-refractivity contribution < 1.29 is 0 Å². The monoisotopic (exact) mass is 257 g/mol. The molecule has 0 radical (unpaired) electrons. The van der Waals surface area contributed by atoms with Gasteiger partial charge in [-0.1, -0.05) is 0 Å². The lowest BCUT2D eigenvalue weighted by Gasteiger charge is -1.75. The van der Waals surface area contributed by atoms with E-state index in [-0.39, 0.29) is 17.0 Å². The van der Waals surface area contributed by atoms with Gasteiger partial charge in [0.15, 0.2) is 0 Å². The molecule has 1 rings (SSSR count). The average Bonchev–Trinajstić information content (AvgIpc) is 1.91. The van der Waals surface area contributed by atoms with E-state index in [0.717, 1.165) is 9.48 Å². The number of hydrogen-bond donors (Lipinski definition) is 0. The normalized spacial score (nSPS) is 8.25. The average molecular weight is 259 g/mol. The molecule has 0 aliphatic rings. The number of hydrogen-bond acceptors (Lipinski definition) is 2. The lowest BCUT2D eigenvalue weighted by Crippen LogP contribution is -1.64. The van der Waals surface area contributed by atoms with Gasteiger partial charge in [-0.05, 0) is 22.9 Å². The highest BCUT2D eigenvalue weighted by molar-refractivity contribution is 9.11. The third-order valence-electron chi connectivity index (χ3n) is 0.687. The molecule has 0 N–H and O–H groups in total. The molecule has 0 amide bonds. The van der Waals surface area contributed by atoms with Gasteiger partial charge in [0.25, 0.3) is 0 Å². The van der Waals surface area contributed by atoms with Gasteiger partial charge in [0.2, 0.25) is 0 Å². The minimum atomic E-state index is 0. The summed E-state index contributed by atoms with van der Waals surface area (Å²) in [4.78, 5) is 3.99. The lowest BCUT2D eigenvalue weighted by atomic mass is 10.6. The van der Waals surface area contributed by atoms with Crippen LogP contribution in [0.3, 0.4) is 0 Å². The third kappa shape index (κ3) is 1.84. The van der Waals surface area contributed by atoms with Crippen LogP contribution in [-0.4, -0.2) is 4.98 Å². The molecule has 0 bridgehead atoms. The van der Waals surface area contributed by atoms with Crippen LogP contribution in [0.2, 0.25) is 0 Å². The lowest BCUT2D eigenvalue weighted by molar-refractivity contribution is 1.25. The molecule has 0 aromatic carbocycles. The van der Waals surface area contributed by atoms with Crippen molar-refractivity contribution in [2.24, 2.45) is 0 Å². The van der Waals surface area contributed by atoms with Crippen LogP contribution in [0.25, 0.3) is 0 Å². The molecule has 0 atom stereocenters. The Balaban J connectivity index is 0.000000490. The Morgan fingerprint density at radius 1 is 1.75 bits per heavy atom. The Hall–Kier alpha value is 0.590. The Bertz CT molecular complexity index is 146. The summed E-state index contributed by atoms with van der Waals surface area (Å²) < 4.78 is 1.13. The highest BCUT2D eigenvalue weighted by Crippen LogP contribution is 2.18. The van der Waals surface area contributed by atoms with Gasteiger partial charge in [-0.3, -0.25) is 0 Å². The summed E-state index contributed by atoms with van der Waals surface area (Å²) in [5, 5.41) is 0. The zero-order valence-electron chi connectivity index (χ0n) is 4.22. The van der Waals surface area contributed by atoms with E-state index >= 15 is 0 Å². The van der Waals surface area contributed by atoms with E-state index in [2.05, 4.69) is 20.9 Å². The fourth-order valence-corrected chi connectivity index (χ4v) is 1.17. The van der Waals surface area contributed by atoms with Crippen LogP contribution >= 0.6 is 44.2 Å². The number of rotatable bonds is 0. The highest BCUT2D eigenvalue weighted by Gasteiger charge is 1.91. The molecule has 8 heavy (non-hydrogen) atoms. The molecule has 46 valence electrons. The van der Waals surface area contributed by atoms with Crippen molar-refractivity contribution in [3.05, 3.63) is 15.0 Å². The summed E-state index contributed by atoms with van der Waals surface area (Å²) in [5.41, 5.74) is 2.89. The molecule has 1 nitrogen and oxygen atoms in total. The summed E-state index contributed by atoms with van der Waals surface area (Å²) in [5.74, 6) is 0. The Morgan fingerprint density at radius 2 is 2.38 bits per heavy atom. The third-order valence-corrected chi connectivity index (χ3v) is 2.53. The van der Waals surface area contributed by atoms with Gasteiger partial charge >= 0.3 is 0 Å². The van der Waals surface area contributed by atoms with Gasteiger partial charge in [-0.15, -0.1) is 28.3 Å². The van der Waals surface area contributed by atoms with Gasteiger partial charge in [-0.2, -0.15) is 0 Å². The smallest absolute Gasteiger partial charge is 0.0926 e. The Kier molecular flexibility index (Phi) is 3.85. The molecule has 0 aliphatic heterocycles. The van der Waals surface area contributed by atoms with E-state index in [1.807, 2.05) is 12.4 Å². The Morgan fingerprint density at radius 3 is 2.50 bits per heavy atom. The van der Waals surface area contributed by atoms with Gasteiger partial charge in [0.05, 0.1) is 15.0 Å². The van der Waals surface area contributed by atoms with E-state index < -0.39 is 0 Å². The summed E-state index contributed by atoms with van der Waals surface area (Å²) in [6, 6.07) is 0. The molecular formula is C4H5Br2NS. The molecule has 0 aliphatic carbocycles. The molecule has 1 heterocycles. The van der Waals surface area contributed by atoms with Crippen LogP contribution in [0, 0.1) is 6.92 Å². The second-order valence-corrected chi connectivity index (χ2v) is 3.38. The van der Waals surface area contributed by atoms with Crippen molar-refractivity contribution >= 4 is 44.2 Å². The highest BCUT2D eigenvalue weighted by atomic mass is 79.9. The minimum Gasteiger partial charge on any atom is -0.249 e. The van der Waals surface area contributed by atoms with Crippen LogP contribution in [0.15, 0.2) is 9.30 Å². The van der Waals surface area contributed by atoms with Crippen molar-refractivity contribution in [2.75, 3.05) is 0 Å². The van der Waals surface area contributed by atoms with Crippen LogP contribution in [0.5, 0.6) is 0 Å². The largest absolute Gasteiger partial charge is 0.249 e. The molecule has 1 aromatic heterocycles. The second kappa shape index (κ2) is 3.58. The standard InChI is InChI=1S/C4H4BrNS.BrH/c1-3-4(5)7-2-6-3;/h2H,1H3;1H. The van der Waals surface area contributed by atoms with Crippen molar-refractivity contribution in [3.8, 4) is 0 Å². The zero-order chi connectivity index (χ0) is 5.28. The Labute approximate surface area is 71.0 Å². The maximum absolute atomic E-state index is 3.99. The van der Waals surface area contributed by atoms with Crippen molar-refractivity contribution in [2.45, 2.75) is 6.92 Å². The summed E-state index contributed by atoms with van der Waals surface area (Å²) in [7, 11) is 0. The van der Waals surface area contributed by atoms with E-state index in [1.165, 1.54) is 0 Å². The van der Waals surface area contributed by atoms with Crippen LogP contribution in [0.1, 0.15) is 5.69 Å². The van der Waals surface area contributed by atoms with Crippen LogP contribution in [0.4, 0.5) is 0 Å². The van der Waals surface area contributed by atoms with Crippen molar-refractivity contribution in [1.82, 2.24) is 4.98 Å². The first-order valence-corrected chi connectivity index (χ1v) is 3.53. The summed E-state index contributed by atoms with van der Waals surface area (Å²) in [6.07, 6.45) is 0. The molecular weight excluding hydrogens is 254 g/mol. The van der Waals surface area contributed by atoms with E-state index in [1.54, 1.807) is 11.3 Å². The predicted molar refractivity (Wildman–Crippen MR) is 44.9 cm³/mol. The van der Waals surface area contributed by atoms with Crippen molar-refractivity contribution in [1.29, 1.82) is 0 Å². The van der Waals surface area contributed by atoms with Gasteiger partial charge in [0.1, 0.15) is 0 Å². The molecule has 0 unspecified atom stereocenters. The quantitative estimate of drug-likeness (QED) is 0.698. The molecule has 0 fully saturated rings. The summed E-state index contributed by atoms with van der Waals surface area (Å²) in [6.45, 7) is 1.97. The number of aromatic nitrogens is 1. The maximum atomic E-state index is 3.99. The number of aryl methyl sites for hydroxylation is 1. The first kappa shape index (κ1) is 8.59. The van der Waals surface area contributed by atoms with Crippen LogP contribution < -0.4 is 0 Å². The maximum Gasteiger partial charge on any atom is 0.0926 e. The fourth-order valence-electron chi connectivity index (χ4n) is 0.288. The minimum absolute atomic E-state index is 0. The van der Waals surface area contributed by atoms with Crippen molar-refractivity contribution in [3.63, 3.8) is 0 Å². The molecule has 4 heteroatoms. The number of thiazole rings is 1. The van der Waals surface area contributed by atoms with Gasteiger partial charge < -0.3 is 0 Å². The topological polar surface area (TPSA) is 12.9 Å². The van der Waals surface area contributed by atoms with E-state index in [9.17, 15) is 0 Å². The fraction of sp³-hybridized carbons (Fsp3) is 0.250. The first-order chi connectivity index (χ1) is 3.30. The predicted octanol–water partition coefficient (Wildman–Crippen LogP) is 2.79. The SMILES string of the molecule is Br.Cc1ncsc1Br.